The van der Waals surface area contributed by atoms with Crippen molar-refractivity contribution in [3.05, 3.63) is 65.9 Å². The average molecular weight is 403 g/mol. The second kappa shape index (κ2) is 8.24. The Kier molecular flexibility index (Phi) is 5.34. The van der Waals surface area contributed by atoms with Gasteiger partial charge in [0.15, 0.2) is 17.8 Å². The van der Waals surface area contributed by atoms with Gasteiger partial charge in [0.05, 0.1) is 12.8 Å². The second-order valence-corrected chi connectivity index (χ2v) is 6.79. The lowest BCUT2D eigenvalue weighted by Gasteiger charge is -2.13. The molecule has 0 spiro atoms. The van der Waals surface area contributed by atoms with E-state index in [9.17, 15) is 4.79 Å². The Morgan fingerprint density at radius 3 is 2.77 bits per heavy atom. The fraction of sp³-hybridized carbons (Fsp3) is 0.174. The van der Waals surface area contributed by atoms with E-state index < -0.39 is 0 Å². The summed E-state index contributed by atoms with van der Waals surface area (Å²) < 4.78 is 16.8. The molecule has 0 atom stereocenters. The van der Waals surface area contributed by atoms with Gasteiger partial charge in [-0.15, -0.1) is 0 Å². The van der Waals surface area contributed by atoms with Crippen molar-refractivity contribution in [3.8, 4) is 23.0 Å². The smallest absolute Gasteiger partial charge is 0.262 e. The molecule has 2 aromatic carbocycles. The van der Waals surface area contributed by atoms with Crippen LogP contribution in [0.3, 0.4) is 0 Å². The summed E-state index contributed by atoms with van der Waals surface area (Å²) in [5.41, 5.74) is 4.43. The van der Waals surface area contributed by atoms with Crippen molar-refractivity contribution in [2.45, 2.75) is 13.8 Å². The number of carbonyl (C=O) groups excluding carboxylic acids is 1. The molecule has 4 rings (SSSR count). The van der Waals surface area contributed by atoms with Gasteiger partial charge in [0, 0.05) is 11.8 Å². The van der Waals surface area contributed by atoms with E-state index in [0.29, 0.717) is 39.9 Å². The summed E-state index contributed by atoms with van der Waals surface area (Å²) in [6.07, 6.45) is 1.66. The average Bonchev–Trinajstić information content (AvgIpc) is 3.19. The third-order valence-electron chi connectivity index (χ3n) is 4.80. The number of rotatable bonds is 6. The molecule has 0 aliphatic heterocycles. The summed E-state index contributed by atoms with van der Waals surface area (Å²) >= 11 is 0. The summed E-state index contributed by atoms with van der Waals surface area (Å²) in [6.45, 7) is 3.84. The zero-order valence-corrected chi connectivity index (χ0v) is 16.9. The Bertz CT molecular complexity index is 1180. The summed E-state index contributed by atoms with van der Waals surface area (Å²) in [5, 5.41) is 2.84. The first-order valence-corrected chi connectivity index (χ1v) is 9.44. The molecule has 0 saturated heterocycles. The van der Waals surface area contributed by atoms with E-state index in [2.05, 4.69) is 15.3 Å². The van der Waals surface area contributed by atoms with Crippen LogP contribution in [0.15, 0.2) is 59.1 Å². The minimum absolute atomic E-state index is 0.121. The van der Waals surface area contributed by atoms with Gasteiger partial charge in [-0.05, 0) is 61.4 Å². The molecule has 0 aliphatic rings. The van der Waals surface area contributed by atoms with E-state index >= 15 is 0 Å². The van der Waals surface area contributed by atoms with Crippen molar-refractivity contribution in [2.24, 2.45) is 0 Å². The van der Waals surface area contributed by atoms with Crippen LogP contribution in [0.1, 0.15) is 11.1 Å². The number of fused-ring (bicyclic) bond motifs is 1. The van der Waals surface area contributed by atoms with Crippen molar-refractivity contribution >= 4 is 22.8 Å². The maximum atomic E-state index is 12.5. The number of methoxy groups -OCH3 is 1. The molecule has 0 unspecified atom stereocenters. The molecule has 152 valence electrons. The monoisotopic (exact) mass is 403 g/mol. The quantitative estimate of drug-likeness (QED) is 0.509. The zero-order chi connectivity index (χ0) is 21.1. The van der Waals surface area contributed by atoms with Gasteiger partial charge in [-0.25, -0.2) is 4.98 Å². The third kappa shape index (κ3) is 3.96. The van der Waals surface area contributed by atoms with Crippen LogP contribution in [-0.4, -0.2) is 29.6 Å². The topological polar surface area (TPSA) is 86.5 Å². The van der Waals surface area contributed by atoms with Crippen molar-refractivity contribution in [1.29, 1.82) is 0 Å². The predicted octanol–water partition coefficient (Wildman–Crippen LogP) is 4.53. The van der Waals surface area contributed by atoms with Gasteiger partial charge in [-0.3, -0.25) is 4.79 Å². The van der Waals surface area contributed by atoms with Gasteiger partial charge < -0.3 is 19.2 Å². The Labute approximate surface area is 173 Å². The van der Waals surface area contributed by atoms with Gasteiger partial charge in [-0.1, -0.05) is 12.1 Å². The van der Waals surface area contributed by atoms with E-state index in [1.807, 2.05) is 38.1 Å². The number of anilines is 1. The largest absolute Gasteiger partial charge is 0.495 e. The van der Waals surface area contributed by atoms with Crippen LogP contribution in [0.5, 0.6) is 11.5 Å². The van der Waals surface area contributed by atoms with Gasteiger partial charge in [-0.2, -0.15) is 4.98 Å². The number of aryl methyl sites for hydroxylation is 1. The maximum Gasteiger partial charge on any atom is 0.262 e. The molecule has 0 fully saturated rings. The Morgan fingerprint density at radius 2 is 1.97 bits per heavy atom. The summed E-state index contributed by atoms with van der Waals surface area (Å²) in [5.74, 6) is 1.32. The lowest BCUT2D eigenvalue weighted by atomic mass is 10.1. The highest BCUT2D eigenvalue weighted by atomic mass is 16.5. The van der Waals surface area contributed by atoms with Gasteiger partial charge in [0.2, 0.25) is 5.89 Å². The Balaban J connectivity index is 1.53. The van der Waals surface area contributed by atoms with Crippen LogP contribution in [-0.2, 0) is 4.79 Å². The van der Waals surface area contributed by atoms with Crippen LogP contribution < -0.4 is 14.8 Å². The third-order valence-corrected chi connectivity index (χ3v) is 4.80. The molecule has 2 aromatic heterocycles. The highest BCUT2D eigenvalue weighted by Crippen LogP contribution is 2.31. The van der Waals surface area contributed by atoms with Crippen LogP contribution in [0, 0.1) is 13.8 Å². The SMILES string of the molecule is COc1ccc(-c2nc3ncccc3o2)cc1NC(=O)COc1cccc(C)c1C. The molecule has 7 heteroatoms. The Hall–Kier alpha value is -3.87. The van der Waals surface area contributed by atoms with Crippen LogP contribution in [0.25, 0.3) is 22.7 Å². The van der Waals surface area contributed by atoms with Gasteiger partial charge >= 0.3 is 0 Å². The molecule has 0 aliphatic carbocycles. The molecular weight excluding hydrogens is 382 g/mol. The first-order chi connectivity index (χ1) is 14.5. The molecule has 0 saturated carbocycles. The normalized spacial score (nSPS) is 10.8. The maximum absolute atomic E-state index is 12.5. The van der Waals surface area contributed by atoms with Gasteiger partial charge in [0.1, 0.15) is 11.5 Å². The van der Waals surface area contributed by atoms with Crippen LogP contribution in [0.4, 0.5) is 5.69 Å². The highest BCUT2D eigenvalue weighted by Gasteiger charge is 2.14. The molecule has 4 aromatic rings. The number of benzene rings is 2. The highest BCUT2D eigenvalue weighted by molar-refractivity contribution is 5.94. The van der Waals surface area contributed by atoms with E-state index in [1.54, 1.807) is 37.6 Å². The number of pyridine rings is 1. The number of carbonyl (C=O) groups is 1. The first-order valence-electron chi connectivity index (χ1n) is 9.44. The molecule has 30 heavy (non-hydrogen) atoms. The number of nitrogens with zero attached hydrogens (tertiary/aromatic N) is 2. The lowest BCUT2D eigenvalue weighted by molar-refractivity contribution is -0.118. The van der Waals surface area contributed by atoms with E-state index in [4.69, 9.17) is 13.9 Å². The molecule has 2 heterocycles. The molecule has 7 nitrogen and oxygen atoms in total. The molecule has 0 bridgehead atoms. The van der Waals surface area contributed by atoms with Crippen LogP contribution >= 0.6 is 0 Å². The van der Waals surface area contributed by atoms with Crippen LogP contribution in [0.2, 0.25) is 0 Å². The summed E-state index contributed by atoms with van der Waals surface area (Å²) in [4.78, 5) is 21.1. The molecule has 0 radical (unpaired) electrons. The summed E-state index contributed by atoms with van der Waals surface area (Å²) in [6, 6.07) is 14.6. The molecular formula is C23H21N3O4. The number of amides is 1. The predicted molar refractivity (Wildman–Crippen MR) is 114 cm³/mol. The fourth-order valence-corrected chi connectivity index (χ4v) is 3.04. The number of nitrogens with one attached hydrogen (secondary N) is 1. The van der Waals surface area contributed by atoms with Crippen molar-refractivity contribution in [2.75, 3.05) is 19.0 Å². The number of hydrogen-bond acceptors (Lipinski definition) is 6. The van der Waals surface area contributed by atoms with Crippen molar-refractivity contribution in [3.63, 3.8) is 0 Å². The standard InChI is InChI=1S/C23H21N3O4/c1-14-6-4-7-18(15(14)2)29-13-21(27)25-17-12-16(9-10-19(17)28-3)23-26-22-20(30-23)8-5-11-24-22/h4-12H,13H2,1-3H3,(H,25,27). The van der Waals surface area contributed by atoms with E-state index in [1.165, 1.54) is 0 Å². The number of ether oxygens (including phenoxy) is 2. The Morgan fingerprint density at radius 1 is 1.10 bits per heavy atom. The first kappa shape index (κ1) is 19.4. The summed E-state index contributed by atoms with van der Waals surface area (Å²) in [7, 11) is 1.54. The number of aromatic nitrogens is 2. The number of oxazole rings is 1. The molecule has 1 N–H and O–H groups in total. The lowest BCUT2D eigenvalue weighted by Crippen LogP contribution is -2.20. The van der Waals surface area contributed by atoms with E-state index in [-0.39, 0.29) is 12.5 Å². The number of hydrogen-bond donors (Lipinski definition) is 1. The van der Waals surface area contributed by atoms with Gasteiger partial charge in [0.25, 0.3) is 5.91 Å². The second-order valence-electron chi connectivity index (χ2n) is 6.79. The minimum Gasteiger partial charge on any atom is -0.495 e. The van der Waals surface area contributed by atoms with Crippen molar-refractivity contribution < 1.29 is 18.7 Å². The van der Waals surface area contributed by atoms with E-state index in [0.717, 1.165) is 11.1 Å². The zero-order valence-electron chi connectivity index (χ0n) is 16.9. The fourth-order valence-electron chi connectivity index (χ4n) is 3.04. The molecule has 1 amide bonds. The van der Waals surface area contributed by atoms with Crippen molar-refractivity contribution in [1.82, 2.24) is 9.97 Å². The minimum atomic E-state index is -0.300.